The number of carbonyl (C=O) groups is 1. The van der Waals surface area contributed by atoms with Crippen LogP contribution in [-0.4, -0.2) is 52.1 Å². The molecule has 0 heterocycles. The largest absolute Gasteiger partial charge is 0.466 e. The summed E-state index contributed by atoms with van der Waals surface area (Å²) in [7, 11) is -1.52. The maximum absolute atomic E-state index is 12.4. The number of benzene rings is 2. The molecule has 1 N–H and O–H groups in total. The van der Waals surface area contributed by atoms with Gasteiger partial charge in [-0.3, -0.25) is 4.79 Å². The van der Waals surface area contributed by atoms with Crippen molar-refractivity contribution in [2.45, 2.75) is 43.9 Å². The molecule has 0 radical (unpaired) electrons. The molecule has 0 aromatic heterocycles. The van der Waals surface area contributed by atoms with E-state index in [2.05, 4.69) is 15.1 Å². The van der Waals surface area contributed by atoms with Crippen molar-refractivity contribution in [3.05, 3.63) is 48.5 Å². The van der Waals surface area contributed by atoms with E-state index >= 15 is 0 Å². The fraction of sp³-hybridized carbons (Fsp3) is 0.458. The minimum Gasteiger partial charge on any atom is -0.466 e. The number of nitrogens with zero attached hydrogens (tertiary/aromatic N) is 3. The molecular weight excluding hydrogens is 442 g/mol. The van der Waals surface area contributed by atoms with Crippen LogP contribution in [0.5, 0.6) is 0 Å². The van der Waals surface area contributed by atoms with Gasteiger partial charge < -0.3 is 14.7 Å². The lowest BCUT2D eigenvalue weighted by Crippen LogP contribution is -2.18. The lowest BCUT2D eigenvalue weighted by atomic mass is 10.2. The quantitative estimate of drug-likeness (QED) is 0.238. The number of unbranched alkanes of at least 4 members (excludes halogenated alkanes) is 3. The van der Waals surface area contributed by atoms with Gasteiger partial charge in [0.05, 0.1) is 35.1 Å². The fourth-order valence-electron chi connectivity index (χ4n) is 3.12. The van der Waals surface area contributed by atoms with Crippen LogP contribution < -0.4 is 4.90 Å². The minimum atomic E-state index is -3.57. The van der Waals surface area contributed by atoms with Crippen molar-refractivity contribution >= 4 is 32.9 Å². The van der Waals surface area contributed by atoms with Crippen molar-refractivity contribution in [2.24, 2.45) is 10.2 Å². The Morgan fingerprint density at radius 3 is 2.09 bits per heavy atom. The number of anilines is 1. The summed E-state index contributed by atoms with van der Waals surface area (Å²) in [4.78, 5) is 13.7. The molecule has 0 saturated carbocycles. The van der Waals surface area contributed by atoms with Crippen LogP contribution >= 0.6 is 0 Å². The molecule has 0 amide bonds. The van der Waals surface area contributed by atoms with Crippen molar-refractivity contribution in [1.29, 1.82) is 0 Å². The van der Waals surface area contributed by atoms with Crippen LogP contribution in [-0.2, 0) is 19.4 Å². The Labute approximate surface area is 196 Å². The number of esters is 1. The Kier molecular flexibility index (Phi) is 11.0. The van der Waals surface area contributed by atoms with E-state index in [4.69, 9.17) is 9.84 Å². The van der Waals surface area contributed by atoms with Gasteiger partial charge in [0.2, 0.25) is 0 Å². The molecule has 0 bridgehead atoms. The van der Waals surface area contributed by atoms with E-state index in [1.807, 2.05) is 31.3 Å². The highest BCUT2D eigenvalue weighted by Crippen LogP contribution is 2.23. The van der Waals surface area contributed by atoms with E-state index in [0.717, 1.165) is 37.9 Å². The van der Waals surface area contributed by atoms with Crippen LogP contribution in [0.2, 0.25) is 0 Å². The first kappa shape index (κ1) is 26.5. The lowest BCUT2D eigenvalue weighted by molar-refractivity contribution is -0.142. The average molecular weight is 476 g/mol. The molecule has 0 atom stereocenters. The molecule has 0 aliphatic heterocycles. The van der Waals surface area contributed by atoms with E-state index in [9.17, 15) is 13.2 Å². The molecule has 8 nitrogen and oxygen atoms in total. The first-order valence-corrected chi connectivity index (χ1v) is 12.8. The number of hydrogen-bond acceptors (Lipinski definition) is 8. The number of carbonyl (C=O) groups excluding carboxylic acids is 1. The third-order valence-corrected chi connectivity index (χ3v) is 6.78. The van der Waals surface area contributed by atoms with Crippen molar-refractivity contribution in [3.63, 3.8) is 0 Å². The zero-order valence-electron chi connectivity index (χ0n) is 19.3. The highest BCUT2D eigenvalue weighted by Gasteiger charge is 2.17. The Bertz CT molecular complexity index is 990. The van der Waals surface area contributed by atoms with Crippen molar-refractivity contribution in [1.82, 2.24) is 0 Å². The van der Waals surface area contributed by atoms with Gasteiger partial charge in [-0.05, 0) is 68.3 Å². The number of ether oxygens (including phenoxy) is 1. The summed E-state index contributed by atoms with van der Waals surface area (Å²) in [6.07, 6.45) is 3.91. The summed E-state index contributed by atoms with van der Waals surface area (Å²) in [5, 5.41) is 17.2. The SMILES string of the molecule is CCOC(=O)CCS(=O)(=O)c1ccc(/N=N/c2ccc(N(C)CCCCCCO)cc2)cc1. The van der Waals surface area contributed by atoms with Gasteiger partial charge in [0.1, 0.15) is 0 Å². The molecule has 180 valence electrons. The number of rotatable bonds is 14. The van der Waals surface area contributed by atoms with Crippen molar-refractivity contribution in [2.75, 3.05) is 37.5 Å². The van der Waals surface area contributed by atoms with Crippen LogP contribution in [0.4, 0.5) is 17.1 Å². The average Bonchev–Trinajstić information content (AvgIpc) is 2.82. The minimum absolute atomic E-state index is 0.134. The molecule has 9 heteroatoms. The normalized spacial score (nSPS) is 11.6. The highest BCUT2D eigenvalue weighted by molar-refractivity contribution is 7.91. The van der Waals surface area contributed by atoms with Gasteiger partial charge in [0.25, 0.3) is 0 Å². The second-order valence-corrected chi connectivity index (χ2v) is 9.75. The number of aliphatic hydroxyl groups excluding tert-OH is 1. The third kappa shape index (κ3) is 9.31. The van der Waals surface area contributed by atoms with E-state index in [0.29, 0.717) is 11.4 Å². The lowest BCUT2D eigenvalue weighted by Gasteiger charge is -2.19. The number of sulfone groups is 1. The van der Waals surface area contributed by atoms with Crippen molar-refractivity contribution < 1.29 is 23.1 Å². The van der Waals surface area contributed by atoms with E-state index in [-0.39, 0.29) is 30.3 Å². The molecule has 2 aromatic carbocycles. The second-order valence-electron chi connectivity index (χ2n) is 7.64. The molecule has 0 unspecified atom stereocenters. The van der Waals surface area contributed by atoms with Crippen LogP contribution in [0.15, 0.2) is 63.7 Å². The van der Waals surface area contributed by atoms with Gasteiger partial charge in [-0.1, -0.05) is 12.8 Å². The van der Waals surface area contributed by atoms with E-state index < -0.39 is 15.8 Å². The number of azo groups is 1. The summed E-state index contributed by atoms with van der Waals surface area (Å²) in [5.41, 5.74) is 2.32. The Morgan fingerprint density at radius 1 is 0.939 bits per heavy atom. The third-order valence-electron chi connectivity index (χ3n) is 5.05. The van der Waals surface area contributed by atoms with E-state index in [1.54, 1.807) is 19.1 Å². The standard InChI is InChI=1S/C24H33N3O5S/c1-3-32-24(29)16-19-33(30,31)23-14-10-21(11-15-23)26-25-20-8-12-22(13-9-20)27(2)17-6-4-5-7-18-28/h8-15,28H,3-7,16-19H2,1-2H3/b26-25+. The summed E-state index contributed by atoms with van der Waals surface area (Å²) < 4.78 is 29.5. The van der Waals surface area contributed by atoms with Gasteiger partial charge in [0, 0.05) is 25.9 Å². The van der Waals surface area contributed by atoms with E-state index in [1.165, 1.54) is 12.1 Å². The molecule has 0 aliphatic carbocycles. The van der Waals surface area contributed by atoms with Gasteiger partial charge >= 0.3 is 5.97 Å². The molecule has 33 heavy (non-hydrogen) atoms. The zero-order valence-corrected chi connectivity index (χ0v) is 20.1. The van der Waals surface area contributed by atoms with Crippen molar-refractivity contribution in [3.8, 4) is 0 Å². The van der Waals surface area contributed by atoms with Crippen LogP contribution in [0, 0.1) is 0 Å². The smallest absolute Gasteiger partial charge is 0.306 e. The Morgan fingerprint density at radius 2 is 1.52 bits per heavy atom. The molecule has 0 spiro atoms. The summed E-state index contributed by atoms with van der Waals surface area (Å²) in [6, 6.07) is 13.8. The van der Waals surface area contributed by atoms with Gasteiger partial charge in [-0.2, -0.15) is 10.2 Å². The second kappa shape index (κ2) is 13.7. The Hall–Kier alpha value is -2.78. The monoisotopic (exact) mass is 475 g/mol. The predicted octanol–water partition coefficient (Wildman–Crippen LogP) is 4.82. The fourth-order valence-corrected chi connectivity index (χ4v) is 4.34. The maximum atomic E-state index is 12.4. The van der Waals surface area contributed by atoms with Crippen LogP contribution in [0.1, 0.15) is 39.0 Å². The van der Waals surface area contributed by atoms with Gasteiger partial charge in [-0.15, -0.1) is 0 Å². The molecule has 0 saturated heterocycles. The number of hydrogen-bond donors (Lipinski definition) is 1. The topological polar surface area (TPSA) is 109 Å². The summed E-state index contributed by atoms with van der Waals surface area (Å²) in [5.74, 6) is -0.822. The molecular formula is C24H33N3O5S. The van der Waals surface area contributed by atoms with Gasteiger partial charge in [-0.25, -0.2) is 8.42 Å². The maximum Gasteiger partial charge on any atom is 0.306 e. The molecule has 2 aromatic rings. The molecule has 2 rings (SSSR count). The zero-order chi connectivity index (χ0) is 24.1. The van der Waals surface area contributed by atoms with Crippen LogP contribution in [0.25, 0.3) is 0 Å². The first-order chi connectivity index (χ1) is 15.9. The van der Waals surface area contributed by atoms with Crippen LogP contribution in [0.3, 0.4) is 0 Å². The number of aliphatic hydroxyl groups is 1. The molecule has 0 fully saturated rings. The molecule has 0 aliphatic rings. The van der Waals surface area contributed by atoms with Gasteiger partial charge in [0.15, 0.2) is 9.84 Å². The first-order valence-electron chi connectivity index (χ1n) is 11.2. The highest BCUT2D eigenvalue weighted by atomic mass is 32.2. The predicted molar refractivity (Wildman–Crippen MR) is 129 cm³/mol. The Balaban J connectivity index is 1.89. The summed E-state index contributed by atoms with van der Waals surface area (Å²) >= 11 is 0. The summed E-state index contributed by atoms with van der Waals surface area (Å²) in [6.45, 7) is 3.11.